The van der Waals surface area contributed by atoms with Crippen LogP contribution in [0, 0.1) is 11.8 Å². The normalized spacial score (nSPS) is 31.8. The molecule has 0 radical (unpaired) electrons. The first-order valence-corrected chi connectivity index (χ1v) is 7.07. The van der Waals surface area contributed by atoms with Crippen LogP contribution in [0.4, 0.5) is 0 Å². The molecule has 0 amide bonds. The van der Waals surface area contributed by atoms with Crippen molar-refractivity contribution in [2.75, 3.05) is 13.2 Å². The maximum absolute atomic E-state index is 12.0. The van der Waals surface area contributed by atoms with E-state index in [2.05, 4.69) is 5.16 Å². The summed E-state index contributed by atoms with van der Waals surface area (Å²) in [6, 6.07) is 0. The highest BCUT2D eigenvalue weighted by atomic mass is 16.8. The zero-order valence-electron chi connectivity index (χ0n) is 12.1. The maximum atomic E-state index is 12.0. The predicted octanol–water partition coefficient (Wildman–Crippen LogP) is 1.59. The fourth-order valence-electron chi connectivity index (χ4n) is 2.75. The summed E-state index contributed by atoms with van der Waals surface area (Å²) < 4.78 is 10.4. The molecule has 0 aromatic rings. The molecule has 112 valence electrons. The smallest absolute Gasteiger partial charge is 0.382 e. The van der Waals surface area contributed by atoms with Gasteiger partial charge in [-0.15, -0.1) is 0 Å². The standard InChI is InChI=1S/C14H21NO5/c1-4-9-7-8-10(18-5-2)12-11(9)14(17,20-15-12)13(16)19-6-3/h8-9,11,17H,4-7H2,1-3H3. The maximum Gasteiger partial charge on any atom is 0.382 e. The number of esters is 1. The molecule has 3 unspecified atom stereocenters. The fourth-order valence-corrected chi connectivity index (χ4v) is 2.75. The van der Waals surface area contributed by atoms with Crippen molar-refractivity contribution >= 4 is 11.7 Å². The van der Waals surface area contributed by atoms with Crippen LogP contribution >= 0.6 is 0 Å². The van der Waals surface area contributed by atoms with Gasteiger partial charge in [0.15, 0.2) is 0 Å². The van der Waals surface area contributed by atoms with Gasteiger partial charge >= 0.3 is 11.8 Å². The number of carbonyl (C=O) groups is 1. The fraction of sp³-hybridized carbons (Fsp3) is 0.714. The summed E-state index contributed by atoms with van der Waals surface area (Å²) in [4.78, 5) is 17.1. The predicted molar refractivity (Wildman–Crippen MR) is 71.7 cm³/mol. The van der Waals surface area contributed by atoms with Gasteiger partial charge in [-0.05, 0) is 32.3 Å². The van der Waals surface area contributed by atoms with Crippen molar-refractivity contribution in [3.05, 3.63) is 11.8 Å². The van der Waals surface area contributed by atoms with Gasteiger partial charge < -0.3 is 19.4 Å². The molecule has 1 heterocycles. The summed E-state index contributed by atoms with van der Waals surface area (Å²) in [5, 5.41) is 14.5. The second-order valence-corrected chi connectivity index (χ2v) is 4.87. The summed E-state index contributed by atoms with van der Waals surface area (Å²) in [5.41, 5.74) is 0.500. The lowest BCUT2D eigenvalue weighted by Gasteiger charge is -2.33. The number of hydrogen-bond donors (Lipinski definition) is 1. The largest absolute Gasteiger partial charge is 0.492 e. The quantitative estimate of drug-likeness (QED) is 0.775. The lowest BCUT2D eigenvalue weighted by Crippen LogP contribution is -2.51. The number of fused-ring (bicyclic) bond motifs is 1. The number of rotatable bonds is 5. The van der Waals surface area contributed by atoms with Crippen molar-refractivity contribution in [3.8, 4) is 0 Å². The lowest BCUT2D eigenvalue weighted by molar-refractivity contribution is -0.235. The van der Waals surface area contributed by atoms with E-state index in [1.165, 1.54) is 0 Å². The van der Waals surface area contributed by atoms with Crippen LogP contribution in [0.15, 0.2) is 17.0 Å². The van der Waals surface area contributed by atoms with Crippen molar-refractivity contribution in [3.63, 3.8) is 0 Å². The number of hydrogen-bond acceptors (Lipinski definition) is 6. The second-order valence-electron chi connectivity index (χ2n) is 4.87. The molecule has 1 aliphatic heterocycles. The van der Waals surface area contributed by atoms with Crippen LogP contribution in [-0.4, -0.2) is 35.8 Å². The number of ether oxygens (including phenoxy) is 2. The third kappa shape index (κ3) is 2.28. The van der Waals surface area contributed by atoms with Gasteiger partial charge in [-0.1, -0.05) is 18.5 Å². The molecular weight excluding hydrogens is 262 g/mol. The van der Waals surface area contributed by atoms with Gasteiger partial charge in [-0.2, -0.15) is 0 Å². The van der Waals surface area contributed by atoms with Crippen molar-refractivity contribution in [2.45, 2.75) is 39.4 Å². The van der Waals surface area contributed by atoms with Crippen molar-refractivity contribution in [1.82, 2.24) is 0 Å². The van der Waals surface area contributed by atoms with Crippen LogP contribution in [0.1, 0.15) is 33.6 Å². The van der Waals surface area contributed by atoms with Crippen LogP contribution < -0.4 is 0 Å². The third-order valence-electron chi connectivity index (χ3n) is 3.72. The van der Waals surface area contributed by atoms with Gasteiger partial charge in [-0.3, -0.25) is 0 Å². The third-order valence-corrected chi connectivity index (χ3v) is 3.72. The summed E-state index contributed by atoms with van der Waals surface area (Å²) in [6.45, 7) is 6.23. The van der Waals surface area contributed by atoms with Crippen LogP contribution in [0.2, 0.25) is 0 Å². The zero-order chi connectivity index (χ0) is 14.8. The minimum atomic E-state index is -2.04. The zero-order valence-corrected chi connectivity index (χ0v) is 12.1. The summed E-state index contributed by atoms with van der Waals surface area (Å²) in [6.07, 6.45) is 3.44. The van der Waals surface area contributed by atoms with E-state index >= 15 is 0 Å². The first-order chi connectivity index (χ1) is 9.58. The number of carbonyl (C=O) groups excluding carboxylic acids is 1. The Morgan fingerprint density at radius 1 is 1.50 bits per heavy atom. The molecule has 0 saturated heterocycles. The van der Waals surface area contributed by atoms with E-state index in [1.54, 1.807) is 6.92 Å². The van der Waals surface area contributed by atoms with Crippen LogP contribution in [-0.2, 0) is 19.1 Å². The van der Waals surface area contributed by atoms with Gasteiger partial charge in [-0.25, -0.2) is 4.79 Å². The van der Waals surface area contributed by atoms with Crippen molar-refractivity contribution in [1.29, 1.82) is 0 Å². The number of oxime groups is 1. The Kier molecular flexibility index (Phi) is 4.32. The molecule has 0 spiro atoms. The minimum absolute atomic E-state index is 0.0647. The summed E-state index contributed by atoms with van der Waals surface area (Å²) in [5.74, 6) is -2.72. The van der Waals surface area contributed by atoms with Gasteiger partial charge in [0.2, 0.25) is 0 Å². The number of aliphatic hydroxyl groups is 1. The number of nitrogens with zero attached hydrogens (tertiary/aromatic N) is 1. The average molecular weight is 283 g/mol. The average Bonchev–Trinajstić information content (AvgIpc) is 2.80. The molecule has 1 N–H and O–H groups in total. The lowest BCUT2D eigenvalue weighted by atomic mass is 9.74. The number of allylic oxidation sites excluding steroid dienone is 2. The monoisotopic (exact) mass is 283 g/mol. The molecule has 0 aromatic carbocycles. The molecule has 0 fully saturated rings. The molecule has 0 aromatic heterocycles. The first-order valence-electron chi connectivity index (χ1n) is 7.07. The van der Waals surface area contributed by atoms with Crippen molar-refractivity contribution in [2.24, 2.45) is 17.0 Å². The van der Waals surface area contributed by atoms with E-state index in [0.29, 0.717) is 24.5 Å². The molecule has 3 atom stereocenters. The van der Waals surface area contributed by atoms with Gasteiger partial charge in [0.1, 0.15) is 11.5 Å². The highest BCUT2D eigenvalue weighted by Crippen LogP contribution is 2.43. The topological polar surface area (TPSA) is 77.4 Å². The van der Waals surface area contributed by atoms with Gasteiger partial charge in [0.25, 0.3) is 0 Å². The van der Waals surface area contributed by atoms with E-state index < -0.39 is 17.7 Å². The van der Waals surface area contributed by atoms with E-state index in [-0.39, 0.29) is 12.5 Å². The molecule has 6 nitrogen and oxygen atoms in total. The Hall–Kier alpha value is -1.56. The van der Waals surface area contributed by atoms with Gasteiger partial charge in [0.05, 0.1) is 19.1 Å². The van der Waals surface area contributed by atoms with Crippen molar-refractivity contribution < 1.29 is 24.2 Å². The second kappa shape index (κ2) is 5.83. The summed E-state index contributed by atoms with van der Waals surface area (Å²) >= 11 is 0. The molecule has 2 rings (SSSR count). The minimum Gasteiger partial charge on any atom is -0.492 e. The molecule has 0 saturated carbocycles. The van der Waals surface area contributed by atoms with E-state index in [9.17, 15) is 9.90 Å². The SMILES string of the molecule is CCOC(=O)C1(O)ON=C2C(OCC)=CCC(CC)C21. The molecule has 1 aliphatic carbocycles. The molecule has 2 aliphatic rings. The molecule has 6 heteroatoms. The van der Waals surface area contributed by atoms with E-state index in [4.69, 9.17) is 14.3 Å². The Bertz CT molecular complexity index is 445. The first kappa shape index (κ1) is 14.8. The van der Waals surface area contributed by atoms with E-state index in [0.717, 1.165) is 6.42 Å². The van der Waals surface area contributed by atoms with Crippen LogP contribution in [0.5, 0.6) is 0 Å². The molecule has 0 bridgehead atoms. The highest BCUT2D eigenvalue weighted by Gasteiger charge is 2.59. The Balaban J connectivity index is 2.31. The summed E-state index contributed by atoms with van der Waals surface area (Å²) in [7, 11) is 0. The molecular formula is C14H21NO5. The Morgan fingerprint density at radius 3 is 2.85 bits per heavy atom. The Labute approximate surface area is 118 Å². The molecule has 20 heavy (non-hydrogen) atoms. The van der Waals surface area contributed by atoms with Crippen LogP contribution in [0.3, 0.4) is 0 Å². The van der Waals surface area contributed by atoms with Crippen LogP contribution in [0.25, 0.3) is 0 Å². The van der Waals surface area contributed by atoms with Gasteiger partial charge in [0, 0.05) is 0 Å². The van der Waals surface area contributed by atoms with E-state index in [1.807, 2.05) is 19.9 Å². The Morgan fingerprint density at radius 2 is 2.25 bits per heavy atom. The highest BCUT2D eigenvalue weighted by molar-refractivity contribution is 6.05.